The van der Waals surface area contributed by atoms with E-state index in [1.807, 2.05) is 19.1 Å². The van der Waals surface area contributed by atoms with Crippen LogP contribution in [-0.2, 0) is 0 Å². The van der Waals surface area contributed by atoms with E-state index in [9.17, 15) is 5.11 Å². The normalized spacial score (nSPS) is 16.8. The van der Waals surface area contributed by atoms with E-state index in [2.05, 4.69) is 10.3 Å². The van der Waals surface area contributed by atoms with Crippen LogP contribution in [0.2, 0.25) is 5.15 Å². The zero-order chi connectivity index (χ0) is 13.4. The summed E-state index contributed by atoms with van der Waals surface area (Å²) in [5.41, 5.74) is 2.81. The molecule has 0 amide bonds. The third-order valence-electron chi connectivity index (χ3n) is 3.16. The zero-order valence-electron chi connectivity index (χ0n) is 10.4. The van der Waals surface area contributed by atoms with Gasteiger partial charge in [0.25, 0.3) is 0 Å². The fourth-order valence-corrected chi connectivity index (χ4v) is 2.38. The van der Waals surface area contributed by atoms with Crippen LogP contribution in [0.4, 0.5) is 5.69 Å². The first-order chi connectivity index (χ1) is 9.13. The lowest BCUT2D eigenvalue weighted by molar-refractivity contribution is 0.338. The molecule has 0 spiro atoms. The monoisotopic (exact) mass is 276 g/mol. The Morgan fingerprint density at radius 1 is 1.37 bits per heavy atom. The Balaban J connectivity index is 1.86. The van der Waals surface area contributed by atoms with Gasteiger partial charge in [-0.2, -0.15) is 0 Å². The Morgan fingerprint density at radius 2 is 2.21 bits per heavy atom. The molecule has 0 fully saturated rings. The van der Waals surface area contributed by atoms with Gasteiger partial charge < -0.3 is 15.2 Å². The topological polar surface area (TPSA) is 54.4 Å². The highest BCUT2D eigenvalue weighted by Crippen LogP contribution is 2.37. The number of aromatic hydroxyl groups is 1. The van der Waals surface area contributed by atoms with Gasteiger partial charge in [0.05, 0.1) is 17.4 Å². The molecule has 2 heterocycles. The quantitative estimate of drug-likeness (QED) is 0.827. The van der Waals surface area contributed by atoms with E-state index in [4.69, 9.17) is 16.3 Å². The number of fused-ring (bicyclic) bond motifs is 1. The fraction of sp³-hybridized carbons (Fsp3) is 0.214. The Labute approximate surface area is 116 Å². The van der Waals surface area contributed by atoms with Gasteiger partial charge in [0.15, 0.2) is 0 Å². The number of phenolic OH excluding ortho intramolecular Hbond substituents is 1. The van der Waals surface area contributed by atoms with E-state index in [0.717, 1.165) is 22.7 Å². The zero-order valence-corrected chi connectivity index (χ0v) is 11.1. The fourth-order valence-electron chi connectivity index (χ4n) is 2.19. The molecule has 5 heteroatoms. The van der Waals surface area contributed by atoms with Crippen LogP contribution in [0.1, 0.15) is 17.3 Å². The van der Waals surface area contributed by atoms with Gasteiger partial charge in [0.2, 0.25) is 0 Å². The van der Waals surface area contributed by atoms with Crippen molar-refractivity contribution < 1.29 is 9.84 Å². The van der Waals surface area contributed by atoms with Crippen LogP contribution in [0.25, 0.3) is 0 Å². The Bertz CT molecular complexity index is 631. The van der Waals surface area contributed by atoms with E-state index in [0.29, 0.717) is 11.8 Å². The van der Waals surface area contributed by atoms with Crippen LogP contribution >= 0.6 is 11.6 Å². The molecule has 0 bridgehead atoms. The number of nitrogens with one attached hydrogen (secondary N) is 1. The maximum absolute atomic E-state index is 9.42. The summed E-state index contributed by atoms with van der Waals surface area (Å²) in [5, 5.41) is 13.3. The predicted molar refractivity (Wildman–Crippen MR) is 73.9 cm³/mol. The smallest absolute Gasteiger partial charge is 0.129 e. The first kappa shape index (κ1) is 12.1. The minimum Gasteiger partial charge on any atom is -0.508 e. The van der Waals surface area contributed by atoms with Crippen molar-refractivity contribution in [1.82, 2.24) is 4.98 Å². The maximum atomic E-state index is 9.42. The van der Waals surface area contributed by atoms with Crippen molar-refractivity contribution in [1.29, 1.82) is 0 Å². The van der Waals surface area contributed by atoms with Crippen LogP contribution in [0.3, 0.4) is 0 Å². The lowest BCUT2D eigenvalue weighted by Gasteiger charge is -2.14. The third-order valence-corrected chi connectivity index (χ3v) is 3.37. The average molecular weight is 277 g/mol. The highest BCUT2D eigenvalue weighted by atomic mass is 35.5. The molecule has 2 N–H and O–H groups in total. The minimum atomic E-state index is 0.0530. The summed E-state index contributed by atoms with van der Waals surface area (Å²) < 4.78 is 5.56. The molecule has 19 heavy (non-hydrogen) atoms. The predicted octanol–water partition coefficient (Wildman–Crippen LogP) is 3.29. The van der Waals surface area contributed by atoms with Gasteiger partial charge in [-0.25, -0.2) is 4.98 Å². The van der Waals surface area contributed by atoms with Gasteiger partial charge in [-0.3, -0.25) is 0 Å². The number of aromatic nitrogens is 1. The molecule has 0 saturated heterocycles. The number of pyridine rings is 1. The Kier molecular flexibility index (Phi) is 2.95. The van der Waals surface area contributed by atoms with Crippen LogP contribution in [0, 0.1) is 6.92 Å². The summed E-state index contributed by atoms with van der Waals surface area (Å²) in [6.45, 7) is 2.43. The number of halogens is 1. The number of phenols is 1. The van der Waals surface area contributed by atoms with Crippen LogP contribution in [-0.4, -0.2) is 16.7 Å². The minimum absolute atomic E-state index is 0.0530. The number of hydrogen-bond acceptors (Lipinski definition) is 4. The van der Waals surface area contributed by atoms with E-state index < -0.39 is 0 Å². The molecule has 3 rings (SSSR count). The number of hydrogen-bond donors (Lipinski definition) is 2. The van der Waals surface area contributed by atoms with Gasteiger partial charge >= 0.3 is 0 Å². The third kappa shape index (κ3) is 2.31. The van der Waals surface area contributed by atoms with Gasteiger partial charge in [-0.1, -0.05) is 11.6 Å². The summed E-state index contributed by atoms with van der Waals surface area (Å²) in [7, 11) is 0. The first-order valence-corrected chi connectivity index (χ1v) is 6.36. The molecule has 4 nitrogen and oxygen atoms in total. The van der Waals surface area contributed by atoms with E-state index >= 15 is 0 Å². The highest BCUT2D eigenvalue weighted by molar-refractivity contribution is 6.29. The van der Waals surface area contributed by atoms with Crippen molar-refractivity contribution in [3.05, 3.63) is 46.7 Å². The molecule has 0 saturated carbocycles. The summed E-state index contributed by atoms with van der Waals surface area (Å²) in [5.74, 6) is 0.931. The number of aryl methyl sites for hydroxylation is 1. The van der Waals surface area contributed by atoms with Crippen LogP contribution in [0.15, 0.2) is 30.3 Å². The van der Waals surface area contributed by atoms with Crippen molar-refractivity contribution in [2.75, 3.05) is 11.9 Å². The molecule has 1 atom stereocenters. The van der Waals surface area contributed by atoms with Crippen LogP contribution < -0.4 is 10.1 Å². The van der Waals surface area contributed by atoms with E-state index in [1.165, 1.54) is 0 Å². The molecule has 1 aliphatic rings. The van der Waals surface area contributed by atoms with E-state index in [-0.39, 0.29) is 11.8 Å². The SMILES string of the molecule is Cc1nc(Cl)ccc1NC1COc2cc(O)ccc21. The summed E-state index contributed by atoms with van der Waals surface area (Å²) >= 11 is 5.84. The lowest BCUT2D eigenvalue weighted by Crippen LogP contribution is -2.13. The number of rotatable bonds is 2. The molecule has 0 aliphatic carbocycles. The Hall–Kier alpha value is -1.94. The van der Waals surface area contributed by atoms with Crippen LogP contribution in [0.5, 0.6) is 11.5 Å². The van der Waals surface area contributed by atoms with Gasteiger partial charge in [-0.05, 0) is 31.2 Å². The van der Waals surface area contributed by atoms with Gasteiger partial charge in [0, 0.05) is 11.6 Å². The molecule has 1 aromatic heterocycles. The highest BCUT2D eigenvalue weighted by Gasteiger charge is 2.24. The summed E-state index contributed by atoms with van der Waals surface area (Å²) in [4.78, 5) is 4.21. The van der Waals surface area contributed by atoms with Crippen molar-refractivity contribution in [3.8, 4) is 11.5 Å². The molecule has 2 aromatic rings. The first-order valence-electron chi connectivity index (χ1n) is 5.99. The molecule has 1 unspecified atom stereocenters. The molecule has 1 aliphatic heterocycles. The number of nitrogens with zero attached hydrogens (tertiary/aromatic N) is 1. The largest absolute Gasteiger partial charge is 0.508 e. The summed E-state index contributed by atoms with van der Waals surface area (Å²) in [6.07, 6.45) is 0. The second-order valence-electron chi connectivity index (χ2n) is 4.50. The van der Waals surface area contributed by atoms with Gasteiger partial charge in [0.1, 0.15) is 23.3 Å². The maximum Gasteiger partial charge on any atom is 0.129 e. The molecular formula is C14H13ClN2O2. The average Bonchev–Trinajstić information content (AvgIpc) is 2.75. The second kappa shape index (κ2) is 4.63. The lowest BCUT2D eigenvalue weighted by atomic mass is 10.1. The van der Waals surface area contributed by atoms with Crippen molar-refractivity contribution in [2.24, 2.45) is 0 Å². The number of ether oxygens (including phenoxy) is 1. The van der Waals surface area contributed by atoms with Gasteiger partial charge in [-0.15, -0.1) is 0 Å². The standard InChI is InChI=1S/C14H13ClN2O2/c1-8-11(4-5-14(15)16-8)17-12-7-19-13-6-9(18)2-3-10(12)13/h2-6,12,17-18H,7H2,1H3. The van der Waals surface area contributed by atoms with E-state index in [1.54, 1.807) is 18.2 Å². The number of anilines is 1. The molecular weight excluding hydrogens is 264 g/mol. The molecule has 98 valence electrons. The summed E-state index contributed by atoms with van der Waals surface area (Å²) in [6, 6.07) is 8.87. The second-order valence-corrected chi connectivity index (χ2v) is 4.88. The van der Waals surface area contributed by atoms with Crippen molar-refractivity contribution in [3.63, 3.8) is 0 Å². The Morgan fingerprint density at radius 3 is 3.00 bits per heavy atom. The molecule has 1 aromatic carbocycles. The van der Waals surface area contributed by atoms with Crippen molar-refractivity contribution in [2.45, 2.75) is 13.0 Å². The number of benzene rings is 1. The molecule has 0 radical (unpaired) electrons. The van der Waals surface area contributed by atoms with Crippen molar-refractivity contribution >= 4 is 17.3 Å².